The van der Waals surface area contributed by atoms with E-state index in [9.17, 15) is 4.79 Å². The molecule has 0 saturated heterocycles. The first-order valence-corrected chi connectivity index (χ1v) is 5.86. The lowest BCUT2D eigenvalue weighted by Gasteiger charge is -2.09. The van der Waals surface area contributed by atoms with Crippen LogP contribution in [0.15, 0.2) is 42.5 Å². The van der Waals surface area contributed by atoms with Gasteiger partial charge in [-0.2, -0.15) is 0 Å². The molecule has 0 heterocycles. The van der Waals surface area contributed by atoms with Crippen LogP contribution in [0.1, 0.15) is 9.49 Å². The van der Waals surface area contributed by atoms with Crippen molar-refractivity contribution in [3.63, 3.8) is 0 Å². The lowest BCUT2D eigenvalue weighted by Crippen LogP contribution is -2.16. The van der Waals surface area contributed by atoms with Crippen LogP contribution < -0.4 is 5.73 Å². The Balaban J connectivity index is 2.65. The van der Waals surface area contributed by atoms with Gasteiger partial charge in [0.15, 0.2) is 0 Å². The zero-order chi connectivity index (χ0) is 10.8. The van der Waals surface area contributed by atoms with Gasteiger partial charge in [-0.3, -0.25) is 4.79 Å². The zero-order valence-electron chi connectivity index (χ0n) is 7.98. The molecule has 0 radical (unpaired) electrons. The molecule has 0 aliphatic carbocycles. The summed E-state index contributed by atoms with van der Waals surface area (Å²) in [5, 5.41) is 2.23. The van der Waals surface area contributed by atoms with Crippen molar-refractivity contribution in [3.8, 4) is 0 Å². The fraction of sp³-hybridized carbons (Fsp3) is 0.0833. The smallest absolute Gasteiger partial charge is 0.234 e. The van der Waals surface area contributed by atoms with Crippen LogP contribution in [-0.2, 0) is 4.79 Å². The van der Waals surface area contributed by atoms with Crippen molar-refractivity contribution in [2.24, 2.45) is 5.73 Å². The Kier molecular flexibility index (Phi) is 2.90. The second-order valence-electron chi connectivity index (χ2n) is 3.33. The fourth-order valence-electron chi connectivity index (χ4n) is 1.62. The van der Waals surface area contributed by atoms with Crippen molar-refractivity contribution in [1.82, 2.24) is 0 Å². The van der Waals surface area contributed by atoms with E-state index in [-0.39, 0.29) is 9.83 Å². The molecular formula is C12H10INO. The number of hydrogen-bond donors (Lipinski definition) is 1. The number of primary amides is 1. The maximum absolute atomic E-state index is 11.2. The molecule has 3 heteroatoms. The summed E-state index contributed by atoms with van der Waals surface area (Å²) in [5.41, 5.74) is 6.30. The molecular weight excluding hydrogens is 301 g/mol. The standard InChI is InChI=1S/C12H10INO/c13-11(12(14)15)10-7-3-5-8-4-1-2-6-9(8)10/h1-7,11H,(H2,14,15). The highest BCUT2D eigenvalue weighted by atomic mass is 127. The molecule has 1 atom stereocenters. The van der Waals surface area contributed by atoms with Gasteiger partial charge in [0.25, 0.3) is 0 Å². The van der Waals surface area contributed by atoms with Crippen molar-refractivity contribution in [3.05, 3.63) is 48.0 Å². The van der Waals surface area contributed by atoms with Gasteiger partial charge in [0.1, 0.15) is 3.92 Å². The summed E-state index contributed by atoms with van der Waals surface area (Å²) in [6.07, 6.45) is 0. The third-order valence-electron chi connectivity index (χ3n) is 2.35. The summed E-state index contributed by atoms with van der Waals surface area (Å²) in [5.74, 6) is -0.299. The Morgan fingerprint density at radius 3 is 2.53 bits per heavy atom. The number of rotatable bonds is 2. The van der Waals surface area contributed by atoms with Crippen LogP contribution in [0.4, 0.5) is 0 Å². The van der Waals surface area contributed by atoms with Gasteiger partial charge in [-0.1, -0.05) is 65.1 Å². The van der Waals surface area contributed by atoms with Crippen molar-refractivity contribution in [2.45, 2.75) is 3.92 Å². The molecule has 0 aromatic heterocycles. The van der Waals surface area contributed by atoms with Crippen LogP contribution in [0.5, 0.6) is 0 Å². The fourth-order valence-corrected chi connectivity index (χ4v) is 2.17. The lowest BCUT2D eigenvalue weighted by molar-refractivity contribution is -0.117. The Morgan fingerprint density at radius 2 is 1.80 bits per heavy atom. The number of hydrogen-bond acceptors (Lipinski definition) is 1. The Hall–Kier alpha value is -1.10. The molecule has 15 heavy (non-hydrogen) atoms. The normalized spacial score (nSPS) is 12.6. The number of fused-ring (bicyclic) bond motifs is 1. The Morgan fingerprint density at radius 1 is 1.13 bits per heavy atom. The molecule has 76 valence electrons. The summed E-state index contributed by atoms with van der Waals surface area (Å²) in [7, 11) is 0. The van der Waals surface area contributed by atoms with Crippen LogP contribution in [0.25, 0.3) is 10.8 Å². The van der Waals surface area contributed by atoms with Crippen LogP contribution in [0.3, 0.4) is 0 Å². The second kappa shape index (κ2) is 4.18. The van der Waals surface area contributed by atoms with Crippen molar-refractivity contribution >= 4 is 39.3 Å². The summed E-state index contributed by atoms with van der Waals surface area (Å²) >= 11 is 2.07. The molecule has 1 amide bonds. The molecule has 0 aliphatic rings. The van der Waals surface area contributed by atoms with Gasteiger partial charge in [-0.15, -0.1) is 0 Å². The van der Waals surface area contributed by atoms with Gasteiger partial charge >= 0.3 is 0 Å². The molecule has 0 saturated carbocycles. The first-order chi connectivity index (χ1) is 7.20. The molecule has 2 aromatic carbocycles. The van der Waals surface area contributed by atoms with E-state index in [2.05, 4.69) is 22.6 Å². The van der Waals surface area contributed by atoms with Crippen LogP contribution >= 0.6 is 22.6 Å². The average molecular weight is 311 g/mol. The second-order valence-corrected chi connectivity index (χ2v) is 4.58. The van der Waals surface area contributed by atoms with Crippen LogP contribution in [-0.4, -0.2) is 5.91 Å². The maximum atomic E-state index is 11.2. The number of halogens is 1. The summed E-state index contributed by atoms with van der Waals surface area (Å²) < 4.78 is -0.270. The van der Waals surface area contributed by atoms with Gasteiger partial charge in [-0.05, 0) is 16.3 Å². The van der Waals surface area contributed by atoms with Crippen molar-refractivity contribution in [2.75, 3.05) is 0 Å². The van der Waals surface area contributed by atoms with Crippen LogP contribution in [0.2, 0.25) is 0 Å². The number of benzene rings is 2. The minimum Gasteiger partial charge on any atom is -0.368 e. The average Bonchev–Trinajstić information content (AvgIpc) is 2.27. The van der Waals surface area contributed by atoms with Crippen LogP contribution in [0, 0.1) is 0 Å². The highest BCUT2D eigenvalue weighted by molar-refractivity contribution is 14.1. The molecule has 2 rings (SSSR count). The molecule has 0 spiro atoms. The van der Waals surface area contributed by atoms with E-state index in [0.717, 1.165) is 16.3 Å². The number of amides is 1. The van der Waals surface area contributed by atoms with E-state index in [1.54, 1.807) is 0 Å². The van der Waals surface area contributed by atoms with E-state index in [1.165, 1.54) is 0 Å². The number of alkyl halides is 1. The van der Waals surface area contributed by atoms with Crippen molar-refractivity contribution in [1.29, 1.82) is 0 Å². The van der Waals surface area contributed by atoms with E-state index in [4.69, 9.17) is 5.73 Å². The number of nitrogens with two attached hydrogens (primary N) is 1. The number of carbonyl (C=O) groups excluding carboxylic acids is 1. The van der Waals surface area contributed by atoms with Gasteiger partial charge in [0.05, 0.1) is 0 Å². The number of carbonyl (C=O) groups is 1. The predicted octanol–water partition coefficient (Wildman–Crippen LogP) is 2.80. The third kappa shape index (κ3) is 1.97. The first kappa shape index (κ1) is 10.4. The van der Waals surface area contributed by atoms with Gasteiger partial charge in [-0.25, -0.2) is 0 Å². The first-order valence-electron chi connectivity index (χ1n) is 4.61. The van der Waals surface area contributed by atoms with Gasteiger partial charge in [0.2, 0.25) is 5.91 Å². The Labute approximate surface area is 102 Å². The lowest BCUT2D eigenvalue weighted by atomic mass is 10.0. The molecule has 0 fully saturated rings. The molecule has 0 bridgehead atoms. The summed E-state index contributed by atoms with van der Waals surface area (Å²) in [4.78, 5) is 11.2. The van der Waals surface area contributed by atoms with E-state index < -0.39 is 0 Å². The monoisotopic (exact) mass is 311 g/mol. The zero-order valence-corrected chi connectivity index (χ0v) is 10.1. The Bertz CT molecular complexity index is 504. The molecule has 2 nitrogen and oxygen atoms in total. The topological polar surface area (TPSA) is 43.1 Å². The van der Waals surface area contributed by atoms with E-state index >= 15 is 0 Å². The van der Waals surface area contributed by atoms with Crippen molar-refractivity contribution < 1.29 is 4.79 Å². The van der Waals surface area contributed by atoms with Gasteiger partial charge < -0.3 is 5.73 Å². The minimum absolute atomic E-state index is 0.270. The molecule has 0 aliphatic heterocycles. The predicted molar refractivity (Wildman–Crippen MR) is 69.9 cm³/mol. The third-order valence-corrected chi connectivity index (χ3v) is 3.63. The quantitative estimate of drug-likeness (QED) is 0.672. The maximum Gasteiger partial charge on any atom is 0.234 e. The van der Waals surface area contributed by atoms with E-state index in [0.29, 0.717) is 0 Å². The highest BCUT2D eigenvalue weighted by Crippen LogP contribution is 2.29. The minimum atomic E-state index is -0.299. The van der Waals surface area contributed by atoms with Gasteiger partial charge in [0, 0.05) is 0 Å². The summed E-state index contributed by atoms with van der Waals surface area (Å²) in [6, 6.07) is 13.9. The van der Waals surface area contributed by atoms with E-state index in [1.807, 2.05) is 42.5 Å². The molecule has 2 N–H and O–H groups in total. The molecule has 2 aromatic rings. The molecule has 1 unspecified atom stereocenters. The SMILES string of the molecule is NC(=O)C(I)c1cccc2ccccc12. The largest absolute Gasteiger partial charge is 0.368 e. The summed E-state index contributed by atoms with van der Waals surface area (Å²) in [6.45, 7) is 0. The highest BCUT2D eigenvalue weighted by Gasteiger charge is 2.15.